The molecule has 0 N–H and O–H groups in total. The molecule has 0 saturated carbocycles. The third-order valence-electron chi connectivity index (χ3n) is 5.85. The van der Waals surface area contributed by atoms with Crippen LogP contribution in [0.1, 0.15) is 0 Å². The first-order valence-electron chi connectivity index (χ1n) is 10.3. The Morgan fingerprint density at radius 2 is 1.56 bits per heavy atom. The van der Waals surface area contributed by atoms with Crippen LogP contribution in [0.15, 0.2) is 91.6 Å². The Bertz CT molecular complexity index is 1770. The number of fused-ring (bicyclic) bond motifs is 7. The Morgan fingerprint density at radius 3 is 2.44 bits per heavy atom. The lowest BCUT2D eigenvalue weighted by Crippen LogP contribution is -1.98. The second kappa shape index (κ2) is 6.67. The molecule has 0 aliphatic rings. The molecule has 0 spiro atoms. The predicted molar refractivity (Wildman–Crippen MR) is 130 cm³/mol. The van der Waals surface area contributed by atoms with Crippen molar-refractivity contribution in [2.75, 3.05) is 0 Å². The minimum Gasteiger partial charge on any atom is -0.305 e. The van der Waals surface area contributed by atoms with Gasteiger partial charge < -0.3 is 4.57 Å². The molecule has 0 saturated heterocycles. The largest absolute Gasteiger partial charge is 0.305 e. The molecule has 5 nitrogen and oxygen atoms in total. The number of rotatable bonds is 2. The molecule has 0 bridgehead atoms. The molecule has 0 unspecified atom stereocenters. The average molecular weight is 430 g/mol. The summed E-state index contributed by atoms with van der Waals surface area (Å²) in [5.74, 6) is 0.660. The highest BCUT2D eigenvalue weighted by molar-refractivity contribution is 7.26. The molecule has 7 aromatic rings. The number of pyridine rings is 2. The summed E-state index contributed by atoms with van der Waals surface area (Å²) >= 11 is 1.82. The van der Waals surface area contributed by atoms with Crippen LogP contribution in [0.2, 0.25) is 0 Å². The van der Waals surface area contributed by atoms with Crippen molar-refractivity contribution < 1.29 is 0 Å². The summed E-state index contributed by atoms with van der Waals surface area (Å²) in [6, 6.07) is 20.9. The highest BCUT2D eigenvalue weighted by Crippen LogP contribution is 2.42. The third kappa shape index (κ3) is 2.44. The molecule has 0 amide bonds. The predicted octanol–water partition coefficient (Wildman–Crippen LogP) is 6.40. The van der Waals surface area contributed by atoms with Crippen molar-refractivity contribution in [2.24, 2.45) is 0 Å². The zero-order chi connectivity index (χ0) is 21.1. The van der Waals surface area contributed by atoms with Crippen LogP contribution in [-0.4, -0.2) is 24.5 Å². The van der Waals surface area contributed by atoms with E-state index in [9.17, 15) is 0 Å². The van der Waals surface area contributed by atoms with E-state index >= 15 is 0 Å². The Kier molecular flexibility index (Phi) is 3.65. The van der Waals surface area contributed by atoms with Crippen molar-refractivity contribution >= 4 is 53.4 Å². The van der Waals surface area contributed by atoms with Gasteiger partial charge in [0.15, 0.2) is 5.82 Å². The minimum atomic E-state index is 0.660. The molecule has 5 heterocycles. The average Bonchev–Trinajstić information content (AvgIpc) is 3.40. The van der Waals surface area contributed by atoms with Crippen LogP contribution < -0.4 is 0 Å². The summed E-state index contributed by atoms with van der Waals surface area (Å²) < 4.78 is 4.75. The van der Waals surface area contributed by atoms with Gasteiger partial charge in [0.25, 0.3) is 0 Å². The van der Waals surface area contributed by atoms with Crippen molar-refractivity contribution in [1.29, 1.82) is 0 Å². The van der Waals surface area contributed by atoms with Gasteiger partial charge in [0.05, 0.1) is 34.6 Å². The van der Waals surface area contributed by atoms with Gasteiger partial charge in [-0.25, -0.2) is 9.97 Å². The molecule has 0 atom stereocenters. The Hall–Kier alpha value is -4.16. The topological polar surface area (TPSA) is 56.5 Å². The lowest BCUT2D eigenvalue weighted by atomic mass is 10.1. The first kappa shape index (κ1) is 17.5. The maximum atomic E-state index is 4.78. The number of hydrogen-bond acceptors (Lipinski definition) is 5. The van der Waals surface area contributed by atoms with Crippen LogP contribution in [0, 0.1) is 0 Å². The maximum absolute atomic E-state index is 4.78. The van der Waals surface area contributed by atoms with Crippen molar-refractivity contribution in [2.45, 2.75) is 0 Å². The van der Waals surface area contributed by atoms with E-state index in [-0.39, 0.29) is 0 Å². The van der Waals surface area contributed by atoms with E-state index in [1.165, 1.54) is 25.6 Å². The van der Waals surface area contributed by atoms with E-state index in [0.29, 0.717) is 5.82 Å². The first-order valence-corrected chi connectivity index (χ1v) is 11.1. The van der Waals surface area contributed by atoms with Gasteiger partial charge >= 0.3 is 0 Å². The van der Waals surface area contributed by atoms with Gasteiger partial charge in [-0.15, -0.1) is 11.3 Å². The van der Waals surface area contributed by atoms with E-state index in [1.807, 2.05) is 48.1 Å². The summed E-state index contributed by atoms with van der Waals surface area (Å²) in [5.41, 5.74) is 4.96. The number of thiophene rings is 1. The highest BCUT2D eigenvalue weighted by atomic mass is 32.1. The second-order valence-corrected chi connectivity index (χ2v) is 8.70. The Labute approximate surface area is 186 Å². The molecule has 32 heavy (non-hydrogen) atoms. The summed E-state index contributed by atoms with van der Waals surface area (Å²) in [4.78, 5) is 18.2. The molecule has 5 aromatic heterocycles. The molecular formula is C26H15N5S. The van der Waals surface area contributed by atoms with Gasteiger partial charge in [-0.2, -0.15) is 0 Å². The normalized spacial score (nSPS) is 11.8. The van der Waals surface area contributed by atoms with E-state index in [0.717, 1.165) is 27.8 Å². The van der Waals surface area contributed by atoms with Crippen LogP contribution in [0.25, 0.3) is 59.2 Å². The zero-order valence-corrected chi connectivity index (χ0v) is 17.6. The maximum Gasteiger partial charge on any atom is 0.160 e. The van der Waals surface area contributed by atoms with Crippen LogP contribution >= 0.6 is 11.3 Å². The lowest BCUT2D eigenvalue weighted by Gasteiger charge is -2.07. The molecule has 7 rings (SSSR count). The fourth-order valence-electron chi connectivity index (χ4n) is 4.45. The number of benzene rings is 2. The highest BCUT2D eigenvalue weighted by Gasteiger charge is 2.18. The fourth-order valence-corrected chi connectivity index (χ4v) is 5.70. The van der Waals surface area contributed by atoms with Crippen molar-refractivity contribution in [1.82, 2.24) is 24.5 Å². The number of aromatic nitrogens is 5. The molecule has 0 radical (unpaired) electrons. The second-order valence-electron chi connectivity index (χ2n) is 7.65. The van der Waals surface area contributed by atoms with E-state index in [4.69, 9.17) is 4.98 Å². The van der Waals surface area contributed by atoms with E-state index in [2.05, 4.69) is 62.0 Å². The van der Waals surface area contributed by atoms with E-state index in [1.54, 1.807) is 12.4 Å². The van der Waals surface area contributed by atoms with Crippen LogP contribution in [0.4, 0.5) is 0 Å². The first-order chi connectivity index (χ1) is 15.9. The smallest absolute Gasteiger partial charge is 0.160 e. The number of nitrogens with zero attached hydrogens (tertiary/aromatic N) is 5. The molecule has 150 valence electrons. The van der Waals surface area contributed by atoms with Gasteiger partial charge in [-0.05, 0) is 36.4 Å². The SMILES string of the molecule is c1cncc(-c2ncc(-n3c4cccnc4c4c5sc6ccccc6c5ccc43)cn2)c1. The third-order valence-corrected chi connectivity index (χ3v) is 7.05. The number of hydrogen-bond donors (Lipinski definition) is 0. The Balaban J connectivity index is 1.53. The fraction of sp³-hybridized carbons (Fsp3) is 0. The summed E-state index contributed by atoms with van der Waals surface area (Å²) in [6.45, 7) is 0. The Morgan fingerprint density at radius 1 is 0.688 bits per heavy atom. The molecule has 2 aromatic carbocycles. The van der Waals surface area contributed by atoms with Crippen LogP contribution in [0.3, 0.4) is 0 Å². The molecule has 6 heteroatoms. The summed E-state index contributed by atoms with van der Waals surface area (Å²) in [6.07, 6.45) is 9.13. The quantitative estimate of drug-likeness (QED) is 0.319. The van der Waals surface area contributed by atoms with Gasteiger partial charge in [-0.1, -0.05) is 24.3 Å². The van der Waals surface area contributed by atoms with Gasteiger partial charge in [-0.3, -0.25) is 9.97 Å². The monoisotopic (exact) mass is 429 g/mol. The van der Waals surface area contributed by atoms with Gasteiger partial charge in [0, 0.05) is 49.7 Å². The molecule has 0 fully saturated rings. The van der Waals surface area contributed by atoms with Crippen molar-refractivity contribution in [3.8, 4) is 17.1 Å². The van der Waals surface area contributed by atoms with Crippen molar-refractivity contribution in [3.05, 3.63) is 91.6 Å². The molecular weight excluding hydrogens is 414 g/mol. The van der Waals surface area contributed by atoms with Gasteiger partial charge in [0.2, 0.25) is 0 Å². The summed E-state index contributed by atoms with van der Waals surface area (Å²) in [7, 11) is 0. The molecule has 0 aliphatic carbocycles. The van der Waals surface area contributed by atoms with Gasteiger partial charge in [0.1, 0.15) is 0 Å². The zero-order valence-electron chi connectivity index (χ0n) is 16.8. The van der Waals surface area contributed by atoms with E-state index < -0.39 is 0 Å². The van der Waals surface area contributed by atoms with Crippen LogP contribution in [0.5, 0.6) is 0 Å². The minimum absolute atomic E-state index is 0.660. The lowest BCUT2D eigenvalue weighted by molar-refractivity contribution is 1.08. The van der Waals surface area contributed by atoms with Crippen molar-refractivity contribution in [3.63, 3.8) is 0 Å². The molecule has 0 aliphatic heterocycles. The summed E-state index contributed by atoms with van der Waals surface area (Å²) in [5, 5.41) is 3.73. The van der Waals surface area contributed by atoms with Crippen LogP contribution in [-0.2, 0) is 0 Å². The standard InChI is InChI=1S/C26H15N5S/c1-2-8-22-18(6-1)19-9-10-20-23(25(19)32-22)24-21(7-4-12-28-24)31(20)17-14-29-26(30-15-17)16-5-3-11-27-13-16/h1-15H.